The molecule has 0 saturated carbocycles. The second-order valence-electron chi connectivity index (χ2n) is 14.5. The van der Waals surface area contributed by atoms with Crippen LogP contribution in [-0.4, -0.2) is 263 Å². The Labute approximate surface area is 368 Å². The van der Waals surface area contributed by atoms with Crippen LogP contribution >= 0.6 is 0 Å². The molecule has 1 aliphatic rings. The van der Waals surface area contributed by atoms with Gasteiger partial charge in [0, 0.05) is 18.6 Å². The van der Waals surface area contributed by atoms with Crippen molar-refractivity contribution in [2.24, 2.45) is 0 Å². The first kappa shape index (κ1) is 60.0. The number of ether oxygens (including phenoxy) is 9. The number of carbonyl (C=O) groups excluding carboxylic acids is 2. The van der Waals surface area contributed by atoms with Crippen molar-refractivity contribution in [1.82, 2.24) is 0 Å². The summed E-state index contributed by atoms with van der Waals surface area (Å²) >= 11 is 0. The summed E-state index contributed by atoms with van der Waals surface area (Å²) in [7, 11) is 0. The smallest absolute Gasteiger partial charge is 0.330 e. The molecule has 0 aromatic carbocycles. The molecule has 0 radical (unpaired) electrons. The van der Waals surface area contributed by atoms with E-state index in [0.717, 1.165) is 17.1 Å². The van der Waals surface area contributed by atoms with Crippen molar-refractivity contribution >= 4 is 11.9 Å². The number of hydrogen-bond acceptors (Lipinski definition) is 21. The quantitative estimate of drug-likeness (QED) is 0.0205. The largest absolute Gasteiger partial charge is 1.00 e. The number of aliphatic hydroxyl groups is 10. The normalized spacial score (nSPS) is 21.4. The molecule has 23 nitrogen and oxygen atoms in total. The van der Waals surface area contributed by atoms with Crippen molar-refractivity contribution in [3.05, 3.63) is 25.3 Å². The van der Waals surface area contributed by atoms with E-state index in [4.69, 9.17) is 42.6 Å². The number of halogens is 1. The van der Waals surface area contributed by atoms with E-state index in [2.05, 4.69) is 13.2 Å². The Bertz CT molecular complexity index is 1160. The Hall–Kier alpha value is -2.05. The van der Waals surface area contributed by atoms with Gasteiger partial charge in [-0.15, -0.1) is 0 Å². The van der Waals surface area contributed by atoms with E-state index in [1.54, 1.807) is 0 Å². The lowest BCUT2D eigenvalue weighted by Crippen LogP contribution is -3.14. The standard InChI is InChI=1S/C38H70N2O21.ClH/c1-3-35(51)56-20-30(48)19-55-33(24-54-18-29(47)14-39(5-9-41)6-10-42)23-53-17-28(46)13-38(61-22-31(49)21-57-36(52)4-2)26-59-32(16-45)25-58-37(60-27-38)34(50)15-40(7-11-43)8-12-44;/h3-4,28-34,37,41-50H,1-2,5-27H2;1H/p+1. The van der Waals surface area contributed by atoms with Gasteiger partial charge in [-0.2, -0.15) is 0 Å². The van der Waals surface area contributed by atoms with Crippen molar-refractivity contribution < 1.29 is 125 Å². The molecule has 0 spiro atoms. The van der Waals surface area contributed by atoms with Gasteiger partial charge < -0.3 is 116 Å². The monoisotopic (exact) mass is 927 g/mol. The molecule has 0 aliphatic carbocycles. The summed E-state index contributed by atoms with van der Waals surface area (Å²) in [5.41, 5.74) is -1.61. The van der Waals surface area contributed by atoms with Gasteiger partial charge >= 0.3 is 11.9 Å². The van der Waals surface area contributed by atoms with E-state index < -0.39 is 99.6 Å². The van der Waals surface area contributed by atoms with Gasteiger partial charge in [-0.05, 0) is 0 Å². The van der Waals surface area contributed by atoms with E-state index in [1.807, 2.05) is 0 Å². The average molecular weight is 928 g/mol. The molecule has 1 fully saturated rings. The Balaban J connectivity index is 0.0000372. The molecule has 0 bridgehead atoms. The Kier molecular flexibility index (Phi) is 35.0. The fourth-order valence-corrected chi connectivity index (χ4v) is 5.90. The van der Waals surface area contributed by atoms with Gasteiger partial charge in [0.1, 0.15) is 88.6 Å². The van der Waals surface area contributed by atoms with Crippen LogP contribution in [0.2, 0.25) is 0 Å². The summed E-state index contributed by atoms with van der Waals surface area (Å²) in [5.74, 6) is -1.53. The number of hydrogen-bond donors (Lipinski definition) is 12. The average Bonchev–Trinajstić information content (AvgIpc) is 3.32. The van der Waals surface area contributed by atoms with Gasteiger partial charge in [-0.3, -0.25) is 0 Å². The zero-order valence-electron chi connectivity index (χ0n) is 35.3. The second-order valence-corrected chi connectivity index (χ2v) is 14.5. The lowest BCUT2D eigenvalue weighted by molar-refractivity contribution is -0.904. The Morgan fingerprint density at radius 3 is 1.66 bits per heavy atom. The van der Waals surface area contributed by atoms with Gasteiger partial charge in [0.2, 0.25) is 0 Å². The molecule has 9 unspecified atom stereocenters. The van der Waals surface area contributed by atoms with Gasteiger partial charge in [-0.25, -0.2) is 9.59 Å². The van der Waals surface area contributed by atoms with Crippen LogP contribution in [0.1, 0.15) is 6.42 Å². The molecule has 24 heteroatoms. The van der Waals surface area contributed by atoms with Crippen LogP contribution in [0.3, 0.4) is 0 Å². The Morgan fingerprint density at radius 2 is 1.15 bits per heavy atom. The minimum absolute atomic E-state index is 0. The van der Waals surface area contributed by atoms with E-state index in [9.17, 15) is 60.7 Å². The zero-order valence-corrected chi connectivity index (χ0v) is 36.0. The van der Waals surface area contributed by atoms with Crippen molar-refractivity contribution in [2.75, 3.05) is 145 Å². The van der Waals surface area contributed by atoms with Gasteiger partial charge in [0.05, 0.1) is 98.6 Å². The number of esters is 2. The van der Waals surface area contributed by atoms with Crippen molar-refractivity contribution in [3.8, 4) is 0 Å². The number of rotatable bonds is 36. The maximum absolute atomic E-state index is 11.6. The van der Waals surface area contributed by atoms with Crippen LogP contribution in [0.15, 0.2) is 25.3 Å². The molecule has 9 atom stereocenters. The van der Waals surface area contributed by atoms with E-state index in [1.165, 1.54) is 0 Å². The minimum Gasteiger partial charge on any atom is -1.00 e. The van der Waals surface area contributed by atoms with E-state index in [0.29, 0.717) is 18.0 Å². The summed E-state index contributed by atoms with van der Waals surface area (Å²) in [6, 6.07) is 0. The molecule has 366 valence electrons. The van der Waals surface area contributed by atoms with Crippen LogP contribution in [0.25, 0.3) is 0 Å². The number of aliphatic hydroxyl groups excluding tert-OH is 10. The Morgan fingerprint density at radius 1 is 0.645 bits per heavy atom. The molecule has 62 heavy (non-hydrogen) atoms. The van der Waals surface area contributed by atoms with Crippen molar-refractivity contribution in [2.45, 2.75) is 61.0 Å². The molecule has 0 amide bonds. The summed E-state index contributed by atoms with van der Waals surface area (Å²) in [6.45, 7) is 3.03. The van der Waals surface area contributed by atoms with Crippen molar-refractivity contribution in [3.63, 3.8) is 0 Å². The second kappa shape index (κ2) is 36.2. The lowest BCUT2D eigenvalue weighted by Gasteiger charge is -2.36. The van der Waals surface area contributed by atoms with Crippen LogP contribution in [0.4, 0.5) is 0 Å². The highest BCUT2D eigenvalue weighted by Gasteiger charge is 2.40. The first-order valence-electron chi connectivity index (χ1n) is 20.2. The van der Waals surface area contributed by atoms with E-state index >= 15 is 0 Å². The number of carbonyl (C=O) groups is 2. The van der Waals surface area contributed by atoms with Crippen LogP contribution in [-0.2, 0) is 52.2 Å². The zero-order chi connectivity index (χ0) is 45.5. The highest BCUT2D eigenvalue weighted by atomic mass is 35.5. The van der Waals surface area contributed by atoms with E-state index in [-0.39, 0.29) is 118 Å². The summed E-state index contributed by atoms with van der Waals surface area (Å²) in [6.07, 6.45) is -7.84. The SMILES string of the molecule is C=CC(=O)OCC(O)COC(COCC(O)C[NH+](CCO)CCO)COCC(O)CC1(OCC(O)COC(=O)C=C)COC(CO)COC(C(O)C[NH+](CCO)CCO)OC1.[Cl-]. The first-order chi connectivity index (χ1) is 29.3. The highest BCUT2D eigenvalue weighted by molar-refractivity contribution is 5.81. The summed E-state index contributed by atoms with van der Waals surface area (Å²) in [4.78, 5) is 24.4. The predicted molar refractivity (Wildman–Crippen MR) is 209 cm³/mol. The lowest BCUT2D eigenvalue weighted by atomic mass is 9.97. The van der Waals surface area contributed by atoms with Crippen molar-refractivity contribution in [1.29, 1.82) is 0 Å². The van der Waals surface area contributed by atoms with Crippen LogP contribution in [0.5, 0.6) is 0 Å². The molecular formula is C38H72ClN2O21+. The van der Waals surface area contributed by atoms with Gasteiger partial charge in [-0.1, -0.05) is 13.2 Å². The minimum atomic E-state index is -1.61. The predicted octanol–water partition coefficient (Wildman–Crippen LogP) is -11.7. The molecule has 1 aliphatic heterocycles. The molecule has 0 aromatic heterocycles. The maximum Gasteiger partial charge on any atom is 0.330 e. The van der Waals surface area contributed by atoms with Crippen LogP contribution in [0, 0.1) is 0 Å². The molecule has 12 N–H and O–H groups in total. The summed E-state index contributed by atoms with van der Waals surface area (Å²) in [5, 5.41) is 101. The topological polar surface area (TPSA) is 328 Å². The molecule has 1 saturated heterocycles. The fraction of sp³-hybridized carbons (Fsp3) is 0.842. The fourth-order valence-electron chi connectivity index (χ4n) is 5.90. The highest BCUT2D eigenvalue weighted by Crippen LogP contribution is 2.25. The first-order valence-corrected chi connectivity index (χ1v) is 20.2. The third-order valence-electron chi connectivity index (χ3n) is 9.05. The molecule has 1 heterocycles. The van der Waals surface area contributed by atoms with Crippen LogP contribution < -0.4 is 22.2 Å². The molecule has 1 rings (SSSR count). The third-order valence-corrected chi connectivity index (χ3v) is 9.05. The van der Waals surface area contributed by atoms with Gasteiger partial charge in [0.25, 0.3) is 0 Å². The molecule has 0 aromatic rings. The van der Waals surface area contributed by atoms with Gasteiger partial charge in [0.15, 0.2) is 12.4 Å². The number of quaternary nitrogens is 2. The third kappa shape index (κ3) is 27.3. The summed E-state index contributed by atoms with van der Waals surface area (Å²) < 4.78 is 50.8. The maximum atomic E-state index is 11.6. The number of nitrogens with one attached hydrogen (secondary N) is 2. The molecular weight excluding hydrogens is 856 g/mol.